The molecular weight excluding hydrogens is 444 g/mol. The average molecular weight is 477 g/mol. The van der Waals surface area contributed by atoms with Crippen LogP contribution in [-0.4, -0.2) is 65.7 Å². The highest BCUT2D eigenvalue weighted by Crippen LogP contribution is 2.30. The standard InChI is InChI=1S/C23H32N4O5S/c1-4-11-26-20-10-9-18(33(30,31)25(2)3)13-19(20)24-21(26)15-32-23(29)16-12-22(28)27(14-16)17-7-5-6-8-17/h9-10,13,16-17H,4-8,11-12,14-15H2,1-3H3/t16-/m0/s1. The van der Waals surface area contributed by atoms with Gasteiger partial charge in [0.15, 0.2) is 0 Å². The predicted octanol–water partition coefficient (Wildman–Crippen LogP) is 2.53. The predicted molar refractivity (Wildman–Crippen MR) is 123 cm³/mol. The second kappa shape index (κ2) is 9.42. The number of nitrogens with zero attached hydrogens (tertiary/aromatic N) is 4. The van der Waals surface area contributed by atoms with Crippen LogP contribution in [-0.2, 0) is 37.5 Å². The number of imidazole rings is 1. The Balaban J connectivity index is 1.50. The fourth-order valence-electron chi connectivity index (χ4n) is 4.83. The molecule has 1 saturated heterocycles. The number of benzene rings is 1. The van der Waals surface area contributed by atoms with Gasteiger partial charge in [0.2, 0.25) is 15.9 Å². The number of amides is 1. The molecule has 2 fully saturated rings. The van der Waals surface area contributed by atoms with Crippen LogP contribution in [0, 0.1) is 5.92 Å². The first-order valence-corrected chi connectivity index (χ1v) is 13.0. The van der Waals surface area contributed by atoms with Crippen LogP contribution in [0.1, 0.15) is 51.3 Å². The van der Waals surface area contributed by atoms with E-state index < -0.39 is 15.9 Å². The molecule has 1 aromatic heterocycles. The highest BCUT2D eigenvalue weighted by Gasteiger charge is 2.39. The quantitative estimate of drug-likeness (QED) is 0.543. The van der Waals surface area contributed by atoms with Crippen molar-refractivity contribution in [3.8, 4) is 0 Å². The molecule has 33 heavy (non-hydrogen) atoms. The number of esters is 1. The van der Waals surface area contributed by atoms with E-state index in [9.17, 15) is 18.0 Å². The summed E-state index contributed by atoms with van der Waals surface area (Å²) in [4.78, 5) is 31.8. The number of rotatable bonds is 8. The van der Waals surface area contributed by atoms with Gasteiger partial charge in [-0.25, -0.2) is 17.7 Å². The molecule has 10 heteroatoms. The van der Waals surface area contributed by atoms with Crippen LogP contribution < -0.4 is 0 Å². The SMILES string of the molecule is CCCn1c(COC(=O)[C@H]2CC(=O)N(C3CCCC3)C2)nc2cc(S(=O)(=O)N(C)C)ccc21. The van der Waals surface area contributed by atoms with E-state index in [2.05, 4.69) is 4.98 Å². The molecule has 2 heterocycles. The first kappa shape index (κ1) is 23.7. The molecule has 4 rings (SSSR count). The van der Waals surface area contributed by atoms with Crippen molar-refractivity contribution < 1.29 is 22.7 Å². The molecule has 2 aromatic rings. The largest absolute Gasteiger partial charge is 0.457 e. The van der Waals surface area contributed by atoms with Gasteiger partial charge in [-0.15, -0.1) is 0 Å². The van der Waals surface area contributed by atoms with Crippen LogP contribution >= 0.6 is 0 Å². The zero-order valence-corrected chi connectivity index (χ0v) is 20.3. The van der Waals surface area contributed by atoms with E-state index >= 15 is 0 Å². The molecule has 1 aromatic carbocycles. The van der Waals surface area contributed by atoms with Crippen LogP contribution in [0.2, 0.25) is 0 Å². The molecule has 0 unspecified atom stereocenters. The Morgan fingerprint density at radius 2 is 1.97 bits per heavy atom. The molecule has 1 aliphatic heterocycles. The van der Waals surface area contributed by atoms with Crippen molar-refractivity contribution in [3.63, 3.8) is 0 Å². The molecule has 9 nitrogen and oxygen atoms in total. The highest BCUT2D eigenvalue weighted by atomic mass is 32.2. The zero-order chi connectivity index (χ0) is 23.8. The van der Waals surface area contributed by atoms with Gasteiger partial charge in [0.05, 0.1) is 21.8 Å². The lowest BCUT2D eigenvalue weighted by Crippen LogP contribution is -2.35. The van der Waals surface area contributed by atoms with Gasteiger partial charge in [-0.2, -0.15) is 0 Å². The Labute approximate surface area is 194 Å². The number of ether oxygens (including phenoxy) is 1. The molecule has 1 atom stereocenters. The molecule has 1 saturated carbocycles. The fourth-order valence-corrected chi connectivity index (χ4v) is 5.75. The smallest absolute Gasteiger partial charge is 0.311 e. The highest BCUT2D eigenvalue weighted by molar-refractivity contribution is 7.89. The van der Waals surface area contributed by atoms with Gasteiger partial charge in [0.25, 0.3) is 0 Å². The molecule has 1 amide bonds. The molecular formula is C23H32N4O5S. The minimum absolute atomic E-state index is 0.0165. The van der Waals surface area contributed by atoms with E-state index in [1.165, 1.54) is 14.1 Å². The monoisotopic (exact) mass is 476 g/mol. The zero-order valence-electron chi connectivity index (χ0n) is 19.5. The summed E-state index contributed by atoms with van der Waals surface area (Å²) in [5, 5.41) is 0. The van der Waals surface area contributed by atoms with Crippen molar-refractivity contribution in [2.24, 2.45) is 5.92 Å². The van der Waals surface area contributed by atoms with E-state index in [1.54, 1.807) is 18.2 Å². The van der Waals surface area contributed by atoms with Crippen molar-refractivity contribution >= 4 is 32.9 Å². The lowest BCUT2D eigenvalue weighted by molar-refractivity contribution is -0.150. The topological polar surface area (TPSA) is 102 Å². The maximum Gasteiger partial charge on any atom is 0.311 e. The summed E-state index contributed by atoms with van der Waals surface area (Å²) in [7, 11) is -0.601. The Hall–Kier alpha value is -2.46. The first-order chi connectivity index (χ1) is 15.7. The minimum atomic E-state index is -3.58. The summed E-state index contributed by atoms with van der Waals surface area (Å²) in [6.07, 6.45) is 5.34. The van der Waals surface area contributed by atoms with E-state index in [0.29, 0.717) is 24.4 Å². The van der Waals surface area contributed by atoms with Crippen molar-refractivity contribution in [3.05, 3.63) is 24.0 Å². The van der Waals surface area contributed by atoms with Gasteiger partial charge in [0.1, 0.15) is 12.4 Å². The van der Waals surface area contributed by atoms with E-state index in [1.807, 2.05) is 16.4 Å². The van der Waals surface area contributed by atoms with Crippen LogP contribution in [0.5, 0.6) is 0 Å². The van der Waals surface area contributed by atoms with E-state index in [0.717, 1.165) is 41.9 Å². The summed E-state index contributed by atoms with van der Waals surface area (Å²) in [6, 6.07) is 5.13. The fraction of sp³-hybridized carbons (Fsp3) is 0.609. The lowest BCUT2D eigenvalue weighted by Gasteiger charge is -2.23. The van der Waals surface area contributed by atoms with Gasteiger partial charge in [-0.05, 0) is 37.5 Å². The van der Waals surface area contributed by atoms with Crippen molar-refractivity contribution in [2.75, 3.05) is 20.6 Å². The van der Waals surface area contributed by atoms with Gasteiger partial charge in [0, 0.05) is 39.6 Å². The number of fused-ring (bicyclic) bond motifs is 1. The second-order valence-electron chi connectivity index (χ2n) is 9.11. The third kappa shape index (κ3) is 4.63. The van der Waals surface area contributed by atoms with Gasteiger partial charge in [-0.3, -0.25) is 9.59 Å². The van der Waals surface area contributed by atoms with Gasteiger partial charge in [-0.1, -0.05) is 19.8 Å². The number of carbonyl (C=O) groups is 2. The number of aryl methyl sites for hydroxylation is 1. The maximum atomic E-state index is 12.7. The molecule has 0 bridgehead atoms. The lowest BCUT2D eigenvalue weighted by atomic mass is 10.1. The van der Waals surface area contributed by atoms with Crippen molar-refractivity contribution in [1.29, 1.82) is 0 Å². The summed E-state index contributed by atoms with van der Waals surface area (Å²) in [5.41, 5.74) is 1.34. The number of likely N-dealkylation sites (tertiary alicyclic amines) is 1. The Bertz CT molecular complexity index is 1150. The molecule has 180 valence electrons. The Morgan fingerprint density at radius 1 is 1.24 bits per heavy atom. The maximum absolute atomic E-state index is 12.7. The molecule has 0 spiro atoms. The molecule has 0 radical (unpaired) electrons. The minimum Gasteiger partial charge on any atom is -0.457 e. The number of carbonyl (C=O) groups excluding carboxylic acids is 2. The van der Waals surface area contributed by atoms with Gasteiger partial charge >= 0.3 is 5.97 Å². The summed E-state index contributed by atoms with van der Waals surface area (Å²) >= 11 is 0. The number of sulfonamides is 1. The van der Waals surface area contributed by atoms with Gasteiger partial charge < -0.3 is 14.2 Å². The van der Waals surface area contributed by atoms with Crippen LogP contribution in [0.25, 0.3) is 11.0 Å². The van der Waals surface area contributed by atoms with Crippen molar-refractivity contribution in [2.45, 2.75) is 69.5 Å². The Morgan fingerprint density at radius 3 is 2.64 bits per heavy atom. The summed E-state index contributed by atoms with van der Waals surface area (Å²) in [6.45, 7) is 3.12. The number of hydrogen-bond donors (Lipinski definition) is 0. The van der Waals surface area contributed by atoms with E-state index in [-0.39, 0.29) is 35.8 Å². The first-order valence-electron chi connectivity index (χ1n) is 11.6. The third-order valence-electron chi connectivity index (χ3n) is 6.63. The molecule has 0 N–H and O–H groups in total. The second-order valence-corrected chi connectivity index (χ2v) is 11.3. The molecule has 1 aliphatic carbocycles. The summed E-state index contributed by atoms with van der Waals surface area (Å²) < 4.78 is 33.7. The average Bonchev–Trinajstić information content (AvgIpc) is 3.51. The third-order valence-corrected chi connectivity index (χ3v) is 8.44. The normalized spacial score (nSPS) is 19.8. The Kier molecular flexibility index (Phi) is 6.76. The van der Waals surface area contributed by atoms with E-state index in [4.69, 9.17) is 4.74 Å². The number of aromatic nitrogens is 2. The van der Waals surface area contributed by atoms with Crippen LogP contribution in [0.15, 0.2) is 23.1 Å². The number of hydrogen-bond acceptors (Lipinski definition) is 6. The molecule has 2 aliphatic rings. The van der Waals surface area contributed by atoms with Crippen molar-refractivity contribution in [1.82, 2.24) is 18.8 Å². The summed E-state index contributed by atoms with van der Waals surface area (Å²) in [5.74, 6) is -0.220. The van der Waals surface area contributed by atoms with Crippen LogP contribution in [0.4, 0.5) is 0 Å². The van der Waals surface area contributed by atoms with Crippen LogP contribution in [0.3, 0.4) is 0 Å².